The molecule has 1 aromatic heterocycles. The molecule has 0 fully saturated rings. The fourth-order valence-corrected chi connectivity index (χ4v) is 3.00. The van der Waals surface area contributed by atoms with Gasteiger partial charge in [0.1, 0.15) is 0 Å². The SMILES string of the molecule is CC=Cc1cc(C(=O)NCCc2csc(C)n2)cc(OC)c1OC. The summed E-state index contributed by atoms with van der Waals surface area (Å²) in [7, 11) is 3.14. The number of hydrogen-bond donors (Lipinski definition) is 1. The van der Waals surface area contributed by atoms with Gasteiger partial charge >= 0.3 is 0 Å². The Bertz CT molecular complexity index is 738. The predicted octanol–water partition coefficient (Wildman–Crippen LogP) is 3.47. The van der Waals surface area contributed by atoms with E-state index in [-0.39, 0.29) is 5.91 Å². The van der Waals surface area contributed by atoms with Crippen molar-refractivity contribution >= 4 is 23.3 Å². The van der Waals surface area contributed by atoms with Crippen molar-refractivity contribution in [1.82, 2.24) is 10.3 Å². The monoisotopic (exact) mass is 346 g/mol. The lowest BCUT2D eigenvalue weighted by molar-refractivity contribution is 0.0953. The Morgan fingerprint density at radius 1 is 1.33 bits per heavy atom. The van der Waals surface area contributed by atoms with E-state index in [4.69, 9.17) is 9.47 Å². The summed E-state index contributed by atoms with van der Waals surface area (Å²) in [5.41, 5.74) is 2.34. The fraction of sp³-hybridized carbons (Fsp3) is 0.333. The minimum Gasteiger partial charge on any atom is -0.493 e. The Kier molecular flexibility index (Phi) is 6.37. The summed E-state index contributed by atoms with van der Waals surface area (Å²) >= 11 is 1.61. The van der Waals surface area contributed by atoms with Crippen LogP contribution in [-0.4, -0.2) is 31.7 Å². The van der Waals surface area contributed by atoms with Crippen LogP contribution < -0.4 is 14.8 Å². The smallest absolute Gasteiger partial charge is 0.251 e. The first-order chi connectivity index (χ1) is 11.6. The second-order valence-corrected chi connectivity index (χ2v) is 6.23. The van der Waals surface area contributed by atoms with Gasteiger partial charge in [-0.3, -0.25) is 4.79 Å². The molecular weight excluding hydrogens is 324 g/mol. The van der Waals surface area contributed by atoms with Crippen LogP contribution in [0, 0.1) is 6.92 Å². The zero-order chi connectivity index (χ0) is 17.5. The first kappa shape index (κ1) is 18.0. The molecule has 2 rings (SSSR count). The van der Waals surface area contributed by atoms with Crippen LogP contribution >= 0.6 is 11.3 Å². The summed E-state index contributed by atoms with van der Waals surface area (Å²) in [5, 5.41) is 5.97. The van der Waals surface area contributed by atoms with E-state index in [1.165, 1.54) is 0 Å². The summed E-state index contributed by atoms with van der Waals surface area (Å²) < 4.78 is 10.7. The van der Waals surface area contributed by atoms with Gasteiger partial charge in [-0.15, -0.1) is 11.3 Å². The van der Waals surface area contributed by atoms with Crippen LogP contribution in [0.1, 0.15) is 33.5 Å². The minimum atomic E-state index is -0.145. The topological polar surface area (TPSA) is 60.5 Å². The molecule has 0 bridgehead atoms. The van der Waals surface area contributed by atoms with Gasteiger partial charge < -0.3 is 14.8 Å². The Labute approximate surface area is 146 Å². The number of ether oxygens (including phenoxy) is 2. The van der Waals surface area contributed by atoms with E-state index in [0.717, 1.165) is 16.3 Å². The summed E-state index contributed by atoms with van der Waals surface area (Å²) in [4.78, 5) is 16.8. The number of rotatable bonds is 7. The predicted molar refractivity (Wildman–Crippen MR) is 97.1 cm³/mol. The van der Waals surface area contributed by atoms with Crippen LogP contribution in [0.2, 0.25) is 0 Å². The zero-order valence-electron chi connectivity index (χ0n) is 14.4. The maximum atomic E-state index is 12.4. The third-order valence-corrected chi connectivity index (χ3v) is 4.27. The average molecular weight is 346 g/mol. The molecule has 6 heteroatoms. The van der Waals surface area contributed by atoms with Crippen molar-refractivity contribution in [3.63, 3.8) is 0 Å². The van der Waals surface area contributed by atoms with E-state index in [0.29, 0.717) is 30.0 Å². The van der Waals surface area contributed by atoms with Gasteiger partial charge in [0.25, 0.3) is 5.91 Å². The molecule has 1 heterocycles. The van der Waals surface area contributed by atoms with Gasteiger partial charge in [-0.2, -0.15) is 0 Å². The van der Waals surface area contributed by atoms with Crippen molar-refractivity contribution in [2.75, 3.05) is 20.8 Å². The van der Waals surface area contributed by atoms with Gasteiger partial charge in [-0.25, -0.2) is 4.98 Å². The number of aromatic nitrogens is 1. The maximum absolute atomic E-state index is 12.4. The summed E-state index contributed by atoms with van der Waals surface area (Å²) in [6.45, 7) is 4.42. The van der Waals surface area contributed by atoms with E-state index in [1.54, 1.807) is 37.7 Å². The molecule has 0 saturated heterocycles. The molecule has 0 saturated carbocycles. The lowest BCUT2D eigenvalue weighted by atomic mass is 10.1. The zero-order valence-corrected chi connectivity index (χ0v) is 15.2. The first-order valence-electron chi connectivity index (χ1n) is 7.67. The van der Waals surface area contributed by atoms with Crippen molar-refractivity contribution in [3.05, 3.63) is 45.4 Å². The van der Waals surface area contributed by atoms with Crippen LogP contribution in [0.15, 0.2) is 23.6 Å². The average Bonchev–Trinajstić information content (AvgIpc) is 2.99. The van der Waals surface area contributed by atoms with E-state index in [9.17, 15) is 4.79 Å². The Morgan fingerprint density at radius 2 is 2.12 bits per heavy atom. The second-order valence-electron chi connectivity index (χ2n) is 5.16. The summed E-state index contributed by atoms with van der Waals surface area (Å²) in [6, 6.07) is 3.48. The third-order valence-electron chi connectivity index (χ3n) is 3.45. The molecule has 5 nitrogen and oxygen atoms in total. The maximum Gasteiger partial charge on any atom is 0.251 e. The molecule has 24 heavy (non-hydrogen) atoms. The van der Waals surface area contributed by atoms with Crippen molar-refractivity contribution in [1.29, 1.82) is 0 Å². The van der Waals surface area contributed by atoms with Crippen molar-refractivity contribution < 1.29 is 14.3 Å². The largest absolute Gasteiger partial charge is 0.493 e. The van der Waals surface area contributed by atoms with Crippen LogP contribution in [0.4, 0.5) is 0 Å². The number of aryl methyl sites for hydroxylation is 1. The number of thiazole rings is 1. The number of allylic oxidation sites excluding steroid dienone is 1. The number of carbonyl (C=O) groups excluding carboxylic acids is 1. The van der Waals surface area contributed by atoms with Gasteiger partial charge in [-0.1, -0.05) is 12.2 Å². The molecule has 2 aromatic rings. The number of amides is 1. The van der Waals surface area contributed by atoms with Gasteiger partial charge in [0, 0.05) is 29.5 Å². The first-order valence-corrected chi connectivity index (χ1v) is 8.55. The van der Waals surface area contributed by atoms with E-state index >= 15 is 0 Å². The molecular formula is C18H22N2O3S. The summed E-state index contributed by atoms with van der Waals surface area (Å²) in [5.74, 6) is 1.01. The van der Waals surface area contributed by atoms with Gasteiger partial charge in [0.05, 0.1) is 24.9 Å². The van der Waals surface area contributed by atoms with Crippen LogP contribution in [-0.2, 0) is 6.42 Å². The molecule has 0 unspecified atom stereocenters. The van der Waals surface area contributed by atoms with E-state index in [2.05, 4.69) is 10.3 Å². The second kappa shape index (κ2) is 8.49. The number of hydrogen-bond acceptors (Lipinski definition) is 5. The van der Waals surface area contributed by atoms with Crippen LogP contribution in [0.25, 0.3) is 6.08 Å². The van der Waals surface area contributed by atoms with E-state index < -0.39 is 0 Å². The van der Waals surface area contributed by atoms with Crippen LogP contribution in [0.3, 0.4) is 0 Å². The number of carbonyl (C=O) groups is 1. The highest BCUT2D eigenvalue weighted by Crippen LogP contribution is 2.33. The molecule has 0 aliphatic rings. The van der Waals surface area contributed by atoms with Crippen LogP contribution in [0.5, 0.6) is 11.5 Å². The highest BCUT2D eigenvalue weighted by Gasteiger charge is 2.14. The number of nitrogens with one attached hydrogen (secondary N) is 1. The standard InChI is InChI=1S/C18H22N2O3S/c1-5-6-13-9-14(10-16(22-3)17(13)23-4)18(21)19-8-7-15-11-24-12(2)20-15/h5-6,9-11H,7-8H2,1-4H3,(H,19,21). The van der Waals surface area contributed by atoms with Gasteiger partial charge in [0.2, 0.25) is 0 Å². The Morgan fingerprint density at radius 3 is 2.71 bits per heavy atom. The third kappa shape index (κ3) is 4.35. The quantitative estimate of drug-likeness (QED) is 0.834. The molecule has 1 aromatic carbocycles. The summed E-state index contributed by atoms with van der Waals surface area (Å²) in [6.07, 6.45) is 4.49. The minimum absolute atomic E-state index is 0.145. The van der Waals surface area contributed by atoms with Gasteiger partial charge in [-0.05, 0) is 26.0 Å². The molecule has 0 atom stereocenters. The highest BCUT2D eigenvalue weighted by molar-refractivity contribution is 7.09. The number of methoxy groups -OCH3 is 2. The van der Waals surface area contributed by atoms with E-state index in [1.807, 2.05) is 31.4 Å². The molecule has 1 amide bonds. The molecule has 0 aliphatic carbocycles. The molecule has 1 N–H and O–H groups in total. The molecule has 128 valence electrons. The fourth-order valence-electron chi connectivity index (χ4n) is 2.36. The lowest BCUT2D eigenvalue weighted by Crippen LogP contribution is -2.26. The Hall–Kier alpha value is -2.34. The Balaban J connectivity index is 2.11. The lowest BCUT2D eigenvalue weighted by Gasteiger charge is -2.13. The number of nitrogens with zero attached hydrogens (tertiary/aromatic N) is 1. The molecule has 0 radical (unpaired) electrons. The molecule has 0 aliphatic heterocycles. The number of benzene rings is 1. The van der Waals surface area contributed by atoms with Crippen molar-refractivity contribution in [2.45, 2.75) is 20.3 Å². The molecule has 0 spiro atoms. The van der Waals surface area contributed by atoms with Crippen molar-refractivity contribution in [3.8, 4) is 11.5 Å². The normalized spacial score (nSPS) is 10.8. The highest BCUT2D eigenvalue weighted by atomic mass is 32.1. The van der Waals surface area contributed by atoms with Crippen molar-refractivity contribution in [2.24, 2.45) is 0 Å². The van der Waals surface area contributed by atoms with Gasteiger partial charge in [0.15, 0.2) is 11.5 Å².